The number of aliphatic hydroxyl groups is 1. The van der Waals surface area contributed by atoms with Gasteiger partial charge >= 0.3 is 0 Å². The van der Waals surface area contributed by atoms with E-state index in [0.29, 0.717) is 16.3 Å². The number of para-hydroxylation sites is 1. The normalized spacial score (nSPS) is 12.8. The van der Waals surface area contributed by atoms with Crippen molar-refractivity contribution in [1.82, 2.24) is 0 Å². The minimum Gasteiger partial charge on any atom is -0.389 e. The first kappa shape index (κ1) is 16.3. The molecular formula is C18H18ClNO2. The number of benzene rings is 2. The number of carbonyl (C=O) groups excluding carboxylic acids is 1. The van der Waals surface area contributed by atoms with Crippen LogP contribution in [0.25, 0.3) is 5.57 Å². The monoisotopic (exact) mass is 315 g/mol. The Hall–Kier alpha value is -2.10. The minimum atomic E-state index is -0.648. The third kappa shape index (κ3) is 3.97. The number of nitrogens with one attached hydrogen (secondary N) is 1. The number of carbonyl (C=O) groups is 1. The van der Waals surface area contributed by atoms with Crippen molar-refractivity contribution in [3.05, 3.63) is 70.8 Å². The number of allylic oxidation sites excluding steroid dienone is 1. The summed E-state index contributed by atoms with van der Waals surface area (Å²) in [6, 6.07) is 14.6. The fourth-order valence-electron chi connectivity index (χ4n) is 2.20. The van der Waals surface area contributed by atoms with Gasteiger partial charge in [-0.1, -0.05) is 48.0 Å². The molecule has 1 amide bonds. The van der Waals surface area contributed by atoms with Crippen LogP contribution in [0.2, 0.25) is 5.02 Å². The van der Waals surface area contributed by atoms with Gasteiger partial charge in [-0.05, 0) is 37.1 Å². The summed E-state index contributed by atoms with van der Waals surface area (Å²) >= 11 is 6.12. The van der Waals surface area contributed by atoms with Gasteiger partial charge in [0.2, 0.25) is 5.91 Å². The Morgan fingerprint density at radius 1 is 1.18 bits per heavy atom. The maximum Gasteiger partial charge on any atom is 0.248 e. The highest BCUT2D eigenvalue weighted by Crippen LogP contribution is 2.24. The molecule has 114 valence electrons. The molecule has 0 aromatic heterocycles. The summed E-state index contributed by atoms with van der Waals surface area (Å²) in [6.45, 7) is 3.50. The zero-order valence-electron chi connectivity index (χ0n) is 12.5. The van der Waals surface area contributed by atoms with Crippen molar-refractivity contribution in [3.63, 3.8) is 0 Å². The second-order valence-corrected chi connectivity index (χ2v) is 5.47. The molecule has 1 atom stereocenters. The Kier molecular flexibility index (Phi) is 5.36. The van der Waals surface area contributed by atoms with E-state index < -0.39 is 6.10 Å². The Labute approximate surface area is 135 Å². The molecule has 4 heteroatoms. The fourth-order valence-corrected chi connectivity index (χ4v) is 2.48. The SMILES string of the molecule is C/C(=C/C(=O)Nc1ccccc1C(C)O)c1ccccc1Cl. The molecule has 0 saturated carbocycles. The molecule has 2 aromatic carbocycles. The first-order valence-electron chi connectivity index (χ1n) is 7.00. The molecule has 3 nitrogen and oxygen atoms in total. The average Bonchev–Trinajstić information content (AvgIpc) is 2.47. The highest BCUT2D eigenvalue weighted by atomic mass is 35.5. The molecule has 1 unspecified atom stereocenters. The summed E-state index contributed by atoms with van der Waals surface area (Å²) in [5, 5.41) is 13.1. The first-order valence-corrected chi connectivity index (χ1v) is 7.38. The van der Waals surface area contributed by atoms with E-state index in [1.165, 1.54) is 6.08 Å². The van der Waals surface area contributed by atoms with Crippen LogP contribution in [0.5, 0.6) is 0 Å². The minimum absolute atomic E-state index is 0.259. The van der Waals surface area contributed by atoms with Crippen molar-refractivity contribution in [2.45, 2.75) is 20.0 Å². The van der Waals surface area contributed by atoms with Crippen LogP contribution in [0.15, 0.2) is 54.6 Å². The topological polar surface area (TPSA) is 49.3 Å². The van der Waals surface area contributed by atoms with Gasteiger partial charge in [0.1, 0.15) is 0 Å². The molecule has 0 saturated heterocycles. The predicted octanol–water partition coefficient (Wildman–Crippen LogP) is 4.44. The van der Waals surface area contributed by atoms with E-state index in [1.807, 2.05) is 37.3 Å². The summed E-state index contributed by atoms with van der Waals surface area (Å²) in [5.74, 6) is -0.259. The number of amides is 1. The maximum atomic E-state index is 12.2. The van der Waals surface area contributed by atoms with Crippen LogP contribution in [0.1, 0.15) is 31.1 Å². The molecule has 0 aliphatic heterocycles. The summed E-state index contributed by atoms with van der Waals surface area (Å²) in [4.78, 5) is 12.2. The van der Waals surface area contributed by atoms with E-state index in [1.54, 1.807) is 25.1 Å². The van der Waals surface area contributed by atoms with E-state index in [0.717, 1.165) is 11.1 Å². The average molecular weight is 316 g/mol. The molecular weight excluding hydrogens is 298 g/mol. The lowest BCUT2D eigenvalue weighted by Gasteiger charge is -2.12. The second-order valence-electron chi connectivity index (χ2n) is 5.06. The number of aliphatic hydroxyl groups excluding tert-OH is 1. The Morgan fingerprint density at radius 2 is 1.82 bits per heavy atom. The van der Waals surface area contributed by atoms with E-state index >= 15 is 0 Å². The highest BCUT2D eigenvalue weighted by molar-refractivity contribution is 6.32. The zero-order chi connectivity index (χ0) is 16.1. The van der Waals surface area contributed by atoms with Gasteiger partial charge in [-0.3, -0.25) is 4.79 Å². The largest absolute Gasteiger partial charge is 0.389 e. The van der Waals surface area contributed by atoms with Crippen molar-refractivity contribution in [2.24, 2.45) is 0 Å². The lowest BCUT2D eigenvalue weighted by molar-refractivity contribution is -0.111. The summed E-state index contributed by atoms with van der Waals surface area (Å²) in [5.41, 5.74) is 2.88. The predicted molar refractivity (Wildman–Crippen MR) is 90.8 cm³/mol. The van der Waals surface area contributed by atoms with Crippen LogP contribution < -0.4 is 5.32 Å². The number of rotatable bonds is 4. The standard InChI is InChI=1S/C18H18ClNO2/c1-12(14-7-3-5-9-16(14)19)11-18(22)20-17-10-6-4-8-15(17)13(2)21/h3-11,13,21H,1-2H3,(H,20,22)/b12-11-. The molecule has 2 rings (SSSR count). The van der Waals surface area contributed by atoms with E-state index in [-0.39, 0.29) is 5.91 Å². The van der Waals surface area contributed by atoms with Crippen LogP contribution in [-0.4, -0.2) is 11.0 Å². The third-order valence-corrected chi connectivity index (χ3v) is 3.64. The molecule has 0 radical (unpaired) electrons. The van der Waals surface area contributed by atoms with Crippen molar-refractivity contribution in [1.29, 1.82) is 0 Å². The summed E-state index contributed by atoms with van der Waals surface area (Å²) in [7, 11) is 0. The molecule has 2 N–H and O–H groups in total. The molecule has 22 heavy (non-hydrogen) atoms. The summed E-state index contributed by atoms with van der Waals surface area (Å²) < 4.78 is 0. The molecule has 2 aromatic rings. The van der Waals surface area contributed by atoms with Gasteiger partial charge in [-0.25, -0.2) is 0 Å². The maximum absolute atomic E-state index is 12.2. The Balaban J connectivity index is 2.20. The highest BCUT2D eigenvalue weighted by Gasteiger charge is 2.09. The van der Waals surface area contributed by atoms with E-state index in [4.69, 9.17) is 11.6 Å². The Bertz CT molecular complexity index is 708. The van der Waals surface area contributed by atoms with E-state index in [2.05, 4.69) is 5.32 Å². The van der Waals surface area contributed by atoms with Gasteiger partial charge in [-0.15, -0.1) is 0 Å². The summed E-state index contributed by atoms with van der Waals surface area (Å²) in [6.07, 6.45) is 0.852. The molecule has 0 heterocycles. The number of hydrogen-bond acceptors (Lipinski definition) is 2. The number of anilines is 1. The molecule has 0 aliphatic carbocycles. The first-order chi connectivity index (χ1) is 10.5. The van der Waals surface area contributed by atoms with Crippen LogP contribution in [-0.2, 0) is 4.79 Å². The Morgan fingerprint density at radius 3 is 2.50 bits per heavy atom. The molecule has 0 bridgehead atoms. The lowest BCUT2D eigenvalue weighted by Crippen LogP contribution is -2.11. The fraction of sp³-hybridized carbons (Fsp3) is 0.167. The molecule has 0 aliphatic rings. The van der Waals surface area contributed by atoms with Crippen LogP contribution in [0.3, 0.4) is 0 Å². The third-order valence-electron chi connectivity index (χ3n) is 3.32. The smallest absolute Gasteiger partial charge is 0.248 e. The molecule has 0 fully saturated rings. The van der Waals surface area contributed by atoms with Crippen molar-refractivity contribution < 1.29 is 9.90 Å². The number of halogens is 1. The van der Waals surface area contributed by atoms with Crippen molar-refractivity contribution in [2.75, 3.05) is 5.32 Å². The van der Waals surface area contributed by atoms with Gasteiger partial charge in [0.05, 0.1) is 6.10 Å². The van der Waals surface area contributed by atoms with Crippen LogP contribution in [0.4, 0.5) is 5.69 Å². The van der Waals surface area contributed by atoms with Crippen molar-refractivity contribution >= 4 is 28.8 Å². The van der Waals surface area contributed by atoms with Gasteiger partial charge in [0.15, 0.2) is 0 Å². The van der Waals surface area contributed by atoms with Gasteiger partial charge in [0, 0.05) is 22.3 Å². The quantitative estimate of drug-likeness (QED) is 0.820. The van der Waals surface area contributed by atoms with Crippen molar-refractivity contribution in [3.8, 4) is 0 Å². The molecule has 0 spiro atoms. The van der Waals surface area contributed by atoms with Crippen LogP contribution >= 0.6 is 11.6 Å². The number of hydrogen-bond donors (Lipinski definition) is 2. The van der Waals surface area contributed by atoms with Gasteiger partial charge in [-0.2, -0.15) is 0 Å². The van der Waals surface area contributed by atoms with E-state index in [9.17, 15) is 9.90 Å². The zero-order valence-corrected chi connectivity index (χ0v) is 13.3. The second kappa shape index (κ2) is 7.25. The van der Waals surface area contributed by atoms with Gasteiger partial charge in [0.25, 0.3) is 0 Å². The van der Waals surface area contributed by atoms with Gasteiger partial charge < -0.3 is 10.4 Å². The van der Waals surface area contributed by atoms with Crippen LogP contribution in [0, 0.1) is 0 Å². The lowest BCUT2D eigenvalue weighted by atomic mass is 10.1.